The number of amides is 1. The van der Waals surface area contributed by atoms with Gasteiger partial charge in [0.25, 0.3) is 0 Å². The minimum atomic E-state index is -3.06. The van der Waals surface area contributed by atoms with Gasteiger partial charge in [0, 0.05) is 35.7 Å². The van der Waals surface area contributed by atoms with E-state index in [1.807, 2.05) is 0 Å². The molecule has 1 fully saturated rings. The Labute approximate surface area is 284 Å². The molecular weight excluding hydrogens is 692 g/mol. The van der Waals surface area contributed by atoms with Crippen LogP contribution in [0.15, 0.2) is 41.0 Å². The molecule has 0 bridgehead atoms. The minimum absolute atomic E-state index is 0.0277. The summed E-state index contributed by atoms with van der Waals surface area (Å²) in [6, 6.07) is 7.80. The zero-order valence-electron chi connectivity index (χ0n) is 25.2. The van der Waals surface area contributed by atoms with Crippen LogP contribution < -0.4 is 15.4 Å². The molecule has 1 unspecified atom stereocenters. The fourth-order valence-corrected chi connectivity index (χ4v) is 8.32. The Morgan fingerprint density at radius 1 is 1.28 bits per heavy atom. The van der Waals surface area contributed by atoms with Crippen molar-refractivity contribution in [3.8, 4) is 5.75 Å². The lowest BCUT2D eigenvalue weighted by Gasteiger charge is -2.29. The van der Waals surface area contributed by atoms with Crippen molar-refractivity contribution < 1.29 is 23.4 Å². The molecule has 0 radical (unpaired) electrons. The Hall–Kier alpha value is -2.65. The molecule has 0 saturated carbocycles. The molecule has 46 heavy (non-hydrogen) atoms. The van der Waals surface area contributed by atoms with Crippen LogP contribution in [0.1, 0.15) is 19.3 Å². The van der Waals surface area contributed by atoms with Crippen LogP contribution in [-0.4, -0.2) is 80.8 Å². The van der Waals surface area contributed by atoms with Gasteiger partial charge in [0.05, 0.1) is 22.8 Å². The zero-order valence-corrected chi connectivity index (χ0v) is 29.3. The van der Waals surface area contributed by atoms with Gasteiger partial charge < -0.3 is 25.2 Å². The van der Waals surface area contributed by atoms with Crippen LogP contribution >= 0.6 is 54.3 Å². The second-order valence-electron chi connectivity index (χ2n) is 11.2. The molecule has 1 aliphatic rings. The summed E-state index contributed by atoms with van der Waals surface area (Å²) in [7, 11) is -0.948. The Morgan fingerprint density at radius 2 is 2.07 bits per heavy atom. The number of benzene rings is 2. The largest absolute Gasteiger partial charge is 0.491 e. The number of hydrogen-bond donors (Lipinski definition) is 3. The number of fused-ring (bicyclic) bond motifs is 1. The van der Waals surface area contributed by atoms with E-state index < -0.39 is 13.2 Å². The molecule has 3 heterocycles. The van der Waals surface area contributed by atoms with Crippen LogP contribution in [0.4, 0.5) is 21.6 Å². The highest BCUT2D eigenvalue weighted by Gasteiger charge is 2.20. The minimum Gasteiger partial charge on any atom is -0.491 e. The third-order valence-corrected chi connectivity index (χ3v) is 11.3. The maximum Gasteiger partial charge on any atom is 0.246 e. The number of halogens is 2. The molecule has 3 N–H and O–H groups in total. The smallest absolute Gasteiger partial charge is 0.246 e. The second-order valence-corrected chi connectivity index (χ2v) is 17.1. The summed E-state index contributed by atoms with van der Waals surface area (Å²) >= 11 is 14.2. The molecule has 17 heteroatoms. The number of nitrogens with one attached hydrogen (secondary N) is 2. The Bertz CT molecular complexity index is 1810. The van der Waals surface area contributed by atoms with Gasteiger partial charge >= 0.3 is 0 Å². The predicted molar refractivity (Wildman–Crippen MR) is 185 cm³/mol. The molecule has 246 valence electrons. The Balaban J connectivity index is 1.36. The van der Waals surface area contributed by atoms with Crippen LogP contribution in [0.25, 0.3) is 10.9 Å². The lowest BCUT2D eigenvalue weighted by molar-refractivity contribution is -0.117. The van der Waals surface area contributed by atoms with Crippen molar-refractivity contribution in [2.24, 2.45) is 5.92 Å². The first kappa shape index (κ1) is 34.7. The summed E-state index contributed by atoms with van der Waals surface area (Å²) in [5.41, 5.74) is 1.56. The first-order valence-corrected chi connectivity index (χ1v) is 19.4. The number of likely N-dealkylation sites (tertiary alicyclic amines) is 1. The van der Waals surface area contributed by atoms with Crippen LogP contribution in [0.3, 0.4) is 0 Å². The summed E-state index contributed by atoms with van der Waals surface area (Å²) in [5, 5.41) is 11.2. The van der Waals surface area contributed by atoms with Crippen molar-refractivity contribution in [1.29, 1.82) is 0 Å². The number of rotatable bonds is 13. The van der Waals surface area contributed by atoms with Crippen molar-refractivity contribution in [3.05, 3.63) is 51.5 Å². The molecule has 0 aliphatic carbocycles. The average molecular weight is 726 g/mol. The molecule has 4 aromatic rings. The van der Waals surface area contributed by atoms with E-state index in [9.17, 15) is 18.6 Å². The number of anilines is 3. The van der Waals surface area contributed by atoms with E-state index in [2.05, 4.69) is 37.6 Å². The van der Waals surface area contributed by atoms with Crippen molar-refractivity contribution in [3.63, 3.8) is 0 Å². The third kappa shape index (κ3) is 9.69. The van der Waals surface area contributed by atoms with Gasteiger partial charge in [-0.25, -0.2) is 19.0 Å². The van der Waals surface area contributed by atoms with E-state index in [1.165, 1.54) is 52.9 Å². The SMILES string of the molecule is CN1CCC(COc2cc3ncnc(Nc4ccc(F)c(Cl)c4)c3cc2NC(=O)Cn2nc(SCCCP(C)(=O)O)sc2=S)CC1. The third-order valence-electron chi connectivity index (χ3n) is 7.33. The van der Waals surface area contributed by atoms with Gasteiger partial charge in [-0.3, -0.25) is 9.36 Å². The molecule has 11 nitrogen and oxygen atoms in total. The zero-order chi connectivity index (χ0) is 32.8. The molecule has 1 saturated heterocycles. The first-order chi connectivity index (χ1) is 21.9. The Kier molecular flexibility index (Phi) is 11.7. The van der Waals surface area contributed by atoms with Crippen molar-refractivity contribution in [2.75, 3.05) is 56.0 Å². The molecule has 0 spiro atoms. The van der Waals surface area contributed by atoms with Crippen LogP contribution in [-0.2, 0) is 15.9 Å². The molecule has 5 rings (SSSR count). The molecule has 2 aromatic heterocycles. The number of thioether (sulfide) groups is 1. The molecule has 1 atom stereocenters. The van der Waals surface area contributed by atoms with E-state index >= 15 is 0 Å². The second kappa shape index (κ2) is 15.5. The normalized spacial score (nSPS) is 15.5. The Morgan fingerprint density at radius 3 is 2.80 bits per heavy atom. The topological polar surface area (TPSA) is 134 Å². The number of hydrogen-bond acceptors (Lipinski definition) is 11. The number of aromatic nitrogens is 4. The van der Waals surface area contributed by atoms with Crippen molar-refractivity contribution in [1.82, 2.24) is 24.6 Å². The van der Waals surface area contributed by atoms with Gasteiger partial charge in [-0.2, -0.15) is 5.10 Å². The molecule has 1 amide bonds. The van der Waals surface area contributed by atoms with Gasteiger partial charge in [0.1, 0.15) is 30.3 Å². The monoisotopic (exact) mass is 725 g/mol. The van der Waals surface area contributed by atoms with E-state index in [1.54, 1.807) is 18.2 Å². The average Bonchev–Trinajstić information content (AvgIpc) is 3.35. The van der Waals surface area contributed by atoms with Crippen molar-refractivity contribution in [2.45, 2.75) is 30.1 Å². The summed E-state index contributed by atoms with van der Waals surface area (Å²) in [6.45, 7) is 3.73. The lowest BCUT2D eigenvalue weighted by Crippen LogP contribution is -2.32. The fraction of sp³-hybridized carbons (Fsp3) is 0.414. The summed E-state index contributed by atoms with van der Waals surface area (Å²) in [4.78, 5) is 34.0. The van der Waals surface area contributed by atoms with Crippen molar-refractivity contribution >= 4 is 88.3 Å². The lowest BCUT2D eigenvalue weighted by atomic mass is 9.98. The molecule has 1 aliphatic heterocycles. The van der Waals surface area contributed by atoms with E-state index in [0.717, 1.165) is 25.9 Å². The fourth-order valence-electron chi connectivity index (χ4n) is 4.84. The molecule has 2 aromatic carbocycles. The maximum atomic E-state index is 13.8. The van der Waals surface area contributed by atoms with Gasteiger partial charge in [0.2, 0.25) is 5.91 Å². The number of carbonyl (C=O) groups excluding carboxylic acids is 1. The van der Waals surface area contributed by atoms with E-state index in [0.29, 0.717) is 66.8 Å². The van der Waals surface area contributed by atoms with E-state index in [-0.39, 0.29) is 23.6 Å². The quantitative estimate of drug-likeness (QED) is 0.0576. The standard InChI is InChI=1S/C29H34ClFN7O4PS3/c1-37-8-6-18(7-9-37)16-42-25-14-23-20(27(33-17-32-23)34-19-4-5-22(31)21(30)12-19)13-24(25)35-26(39)15-38-29(44)46-28(36-38)45-11-3-10-43(2,40)41/h4-5,12-14,17-18H,3,6-11,15-16H2,1-2H3,(H,35,39)(H,40,41)(H,32,33,34). The van der Waals surface area contributed by atoms with Gasteiger partial charge in [-0.15, -0.1) is 0 Å². The number of carbonyl (C=O) groups is 1. The van der Waals surface area contributed by atoms with E-state index in [4.69, 9.17) is 28.6 Å². The summed E-state index contributed by atoms with van der Waals surface area (Å²) in [6.07, 6.45) is 4.26. The number of ether oxygens (including phenoxy) is 1. The van der Waals surface area contributed by atoms with Crippen LogP contribution in [0.5, 0.6) is 5.75 Å². The van der Waals surface area contributed by atoms with Gasteiger partial charge in [0.15, 0.2) is 15.7 Å². The first-order valence-electron chi connectivity index (χ1n) is 14.6. The van der Waals surface area contributed by atoms with Gasteiger partial charge in [-0.05, 0) is 81.8 Å². The summed E-state index contributed by atoms with van der Waals surface area (Å²) < 4.78 is 34.2. The van der Waals surface area contributed by atoms with Gasteiger partial charge in [-0.1, -0.05) is 34.7 Å². The van der Waals surface area contributed by atoms with Crippen LogP contribution in [0.2, 0.25) is 5.02 Å². The highest BCUT2D eigenvalue weighted by atomic mass is 35.5. The summed E-state index contributed by atoms with van der Waals surface area (Å²) in [5.74, 6) is 1.03. The highest BCUT2D eigenvalue weighted by molar-refractivity contribution is 8.01. The number of nitrogens with zero attached hydrogens (tertiary/aromatic N) is 5. The predicted octanol–water partition coefficient (Wildman–Crippen LogP) is 6.90. The highest BCUT2D eigenvalue weighted by Crippen LogP contribution is 2.37. The van der Waals surface area contributed by atoms with Crippen LogP contribution in [0, 0.1) is 15.7 Å². The number of piperidine rings is 1. The molecular formula is C29H34ClFN7O4PS3. The maximum absolute atomic E-state index is 13.8.